The van der Waals surface area contributed by atoms with E-state index in [2.05, 4.69) is 9.88 Å². The van der Waals surface area contributed by atoms with Crippen molar-refractivity contribution in [3.05, 3.63) is 93.3 Å². The van der Waals surface area contributed by atoms with Gasteiger partial charge in [0, 0.05) is 37.1 Å². The molecule has 1 aromatic heterocycles. The minimum atomic E-state index is -0.379. The molecule has 1 aliphatic rings. The summed E-state index contributed by atoms with van der Waals surface area (Å²) in [7, 11) is 0. The topological polar surface area (TPSA) is 63.3 Å². The van der Waals surface area contributed by atoms with Crippen LogP contribution in [-0.2, 0) is 6.54 Å². The summed E-state index contributed by atoms with van der Waals surface area (Å²) in [4.78, 5) is 12.9. The van der Waals surface area contributed by atoms with Crippen molar-refractivity contribution >= 4 is 40.3 Å². The van der Waals surface area contributed by atoms with Gasteiger partial charge >= 0.3 is 0 Å². The maximum Gasteiger partial charge on any atom is 0.269 e. The lowest BCUT2D eigenvalue weighted by Gasteiger charge is -2.39. The van der Waals surface area contributed by atoms with Crippen LogP contribution in [-0.4, -0.2) is 26.0 Å². The lowest BCUT2D eigenvalue weighted by atomic mass is 10.00. The number of nitrogens with zero attached hydrogens (tertiary/aromatic N) is 3. The number of hydrogen-bond donors (Lipinski definition) is 1. The van der Waals surface area contributed by atoms with E-state index < -0.39 is 0 Å². The second-order valence-electron chi connectivity index (χ2n) is 6.48. The normalized spacial score (nSPS) is 15.8. The van der Waals surface area contributed by atoms with Crippen molar-refractivity contribution < 1.29 is 4.92 Å². The van der Waals surface area contributed by atoms with Crippen molar-refractivity contribution in [2.45, 2.75) is 12.6 Å². The van der Waals surface area contributed by atoms with Crippen LogP contribution in [0.3, 0.4) is 0 Å². The highest BCUT2D eigenvalue weighted by molar-refractivity contribution is 7.80. The third kappa shape index (κ3) is 3.46. The van der Waals surface area contributed by atoms with Crippen molar-refractivity contribution in [2.24, 2.45) is 0 Å². The van der Waals surface area contributed by atoms with E-state index in [1.807, 2.05) is 47.5 Å². The molecular weight excluding hydrogens is 396 g/mol. The molecule has 0 aliphatic carbocycles. The van der Waals surface area contributed by atoms with E-state index in [4.69, 9.17) is 23.8 Å². The van der Waals surface area contributed by atoms with Gasteiger partial charge in [0.25, 0.3) is 5.69 Å². The number of fused-ring (bicyclic) bond motifs is 1. The summed E-state index contributed by atoms with van der Waals surface area (Å²) >= 11 is 12.0. The number of anilines is 1. The van der Waals surface area contributed by atoms with Crippen LogP contribution in [0.1, 0.15) is 17.3 Å². The third-order valence-corrected chi connectivity index (χ3v) is 5.48. The predicted octanol–water partition coefficient (Wildman–Crippen LogP) is 4.85. The van der Waals surface area contributed by atoms with Crippen LogP contribution in [0.5, 0.6) is 0 Å². The number of nitrogens with one attached hydrogen (secondary N) is 1. The number of rotatable bonds is 3. The molecule has 0 fully saturated rings. The summed E-state index contributed by atoms with van der Waals surface area (Å²) in [5, 5.41) is 15.6. The van der Waals surface area contributed by atoms with Crippen LogP contribution in [0.2, 0.25) is 5.02 Å². The molecule has 6 nitrogen and oxygen atoms in total. The lowest BCUT2D eigenvalue weighted by Crippen LogP contribution is -2.44. The van der Waals surface area contributed by atoms with E-state index >= 15 is 0 Å². The largest absolute Gasteiger partial charge is 0.348 e. The van der Waals surface area contributed by atoms with Gasteiger partial charge in [0.15, 0.2) is 5.11 Å². The molecule has 3 aromatic rings. The molecule has 0 bridgehead atoms. The summed E-state index contributed by atoms with van der Waals surface area (Å²) < 4.78 is 2.15. The smallest absolute Gasteiger partial charge is 0.269 e. The Bertz CT molecular complexity index is 1050. The fraction of sp³-hybridized carbons (Fsp3) is 0.150. The van der Waals surface area contributed by atoms with Gasteiger partial charge in [0.1, 0.15) is 0 Å². The van der Waals surface area contributed by atoms with Crippen molar-refractivity contribution in [3.8, 4) is 0 Å². The van der Waals surface area contributed by atoms with Crippen LogP contribution in [0.15, 0.2) is 66.9 Å². The van der Waals surface area contributed by atoms with Gasteiger partial charge in [0.05, 0.1) is 21.7 Å². The molecule has 0 amide bonds. The van der Waals surface area contributed by atoms with Crippen LogP contribution in [0.25, 0.3) is 0 Å². The SMILES string of the molecule is O=[N+]([O-])c1cccc([C@H]2c3cccn3CCN2C(=S)Nc2ccccc2Cl)c1. The Balaban J connectivity index is 1.72. The Morgan fingerprint density at radius 3 is 2.75 bits per heavy atom. The Hall–Kier alpha value is -2.90. The number of aromatic nitrogens is 1. The first-order valence-electron chi connectivity index (χ1n) is 8.76. The predicted molar refractivity (Wildman–Crippen MR) is 114 cm³/mol. The Morgan fingerprint density at radius 1 is 1.14 bits per heavy atom. The monoisotopic (exact) mass is 412 g/mol. The van der Waals surface area contributed by atoms with Gasteiger partial charge in [-0.3, -0.25) is 10.1 Å². The molecule has 4 rings (SSSR count). The van der Waals surface area contributed by atoms with E-state index in [1.54, 1.807) is 18.2 Å². The molecule has 142 valence electrons. The molecule has 8 heteroatoms. The molecule has 0 saturated heterocycles. The highest BCUT2D eigenvalue weighted by Gasteiger charge is 2.31. The number of nitro benzene ring substituents is 1. The maximum absolute atomic E-state index is 11.3. The Kier molecular flexibility index (Phi) is 5.02. The van der Waals surface area contributed by atoms with E-state index in [-0.39, 0.29) is 16.7 Å². The molecule has 0 radical (unpaired) electrons. The molecule has 0 unspecified atom stereocenters. The molecule has 28 heavy (non-hydrogen) atoms. The zero-order valence-electron chi connectivity index (χ0n) is 14.8. The Labute approximate surface area is 172 Å². The number of benzene rings is 2. The molecule has 0 spiro atoms. The second-order valence-corrected chi connectivity index (χ2v) is 7.28. The molecule has 2 aromatic carbocycles. The quantitative estimate of drug-likeness (QED) is 0.378. The van der Waals surface area contributed by atoms with Gasteiger partial charge in [-0.1, -0.05) is 35.9 Å². The molecule has 1 aliphatic heterocycles. The van der Waals surface area contributed by atoms with Gasteiger partial charge in [-0.05, 0) is 42.0 Å². The number of non-ortho nitro benzene ring substituents is 1. The Morgan fingerprint density at radius 2 is 1.96 bits per heavy atom. The van der Waals surface area contributed by atoms with Crippen molar-refractivity contribution in [1.82, 2.24) is 9.47 Å². The summed E-state index contributed by atoms with van der Waals surface area (Å²) in [6.07, 6.45) is 2.02. The maximum atomic E-state index is 11.3. The number of thiocarbonyl (C=S) groups is 1. The average molecular weight is 413 g/mol. The third-order valence-electron chi connectivity index (χ3n) is 4.81. The summed E-state index contributed by atoms with van der Waals surface area (Å²) in [6, 6.07) is 17.9. The summed E-state index contributed by atoms with van der Waals surface area (Å²) in [5.41, 5.74) is 2.64. The standard InChI is InChI=1S/C20H17ClN4O2S/c21-16-7-1-2-8-17(16)22-20(28)24-12-11-23-10-4-9-18(23)19(24)14-5-3-6-15(13-14)25(26)27/h1-10,13,19H,11-12H2,(H,22,28)/t19-/m0/s1. The highest BCUT2D eigenvalue weighted by Crippen LogP contribution is 2.34. The zero-order valence-corrected chi connectivity index (χ0v) is 16.4. The van der Waals surface area contributed by atoms with Crippen molar-refractivity contribution in [1.29, 1.82) is 0 Å². The van der Waals surface area contributed by atoms with Crippen molar-refractivity contribution in [2.75, 3.05) is 11.9 Å². The number of nitro groups is 1. The molecule has 1 N–H and O–H groups in total. The van der Waals surface area contributed by atoms with Crippen LogP contribution >= 0.6 is 23.8 Å². The second kappa shape index (κ2) is 7.61. The first-order chi connectivity index (χ1) is 13.5. The van der Waals surface area contributed by atoms with E-state index in [0.717, 1.165) is 23.5 Å². The average Bonchev–Trinajstić information content (AvgIpc) is 3.17. The van der Waals surface area contributed by atoms with Gasteiger partial charge < -0.3 is 14.8 Å². The van der Waals surface area contributed by atoms with Gasteiger partial charge in [-0.25, -0.2) is 0 Å². The molecular formula is C20H17ClN4O2S. The number of halogens is 1. The first kappa shape index (κ1) is 18.5. The minimum Gasteiger partial charge on any atom is -0.348 e. The van der Waals surface area contributed by atoms with E-state index in [0.29, 0.717) is 16.7 Å². The van der Waals surface area contributed by atoms with E-state index in [9.17, 15) is 10.1 Å². The lowest BCUT2D eigenvalue weighted by molar-refractivity contribution is -0.384. The van der Waals surface area contributed by atoms with Crippen LogP contribution in [0.4, 0.5) is 11.4 Å². The fourth-order valence-corrected chi connectivity index (χ4v) is 4.00. The van der Waals surface area contributed by atoms with Crippen LogP contribution in [0, 0.1) is 10.1 Å². The molecule has 0 saturated carbocycles. The fourth-order valence-electron chi connectivity index (χ4n) is 3.51. The number of hydrogen-bond acceptors (Lipinski definition) is 3. The van der Waals surface area contributed by atoms with Crippen molar-refractivity contribution in [3.63, 3.8) is 0 Å². The zero-order chi connectivity index (χ0) is 19.7. The van der Waals surface area contributed by atoms with Gasteiger partial charge in [-0.15, -0.1) is 0 Å². The highest BCUT2D eigenvalue weighted by atomic mass is 35.5. The molecule has 2 heterocycles. The van der Waals surface area contributed by atoms with Gasteiger partial charge in [0.2, 0.25) is 0 Å². The molecule has 1 atom stereocenters. The summed E-state index contributed by atoms with van der Waals surface area (Å²) in [6.45, 7) is 1.45. The van der Waals surface area contributed by atoms with Crippen LogP contribution < -0.4 is 5.32 Å². The van der Waals surface area contributed by atoms with Gasteiger partial charge in [-0.2, -0.15) is 0 Å². The number of para-hydroxylation sites is 1. The first-order valence-corrected chi connectivity index (χ1v) is 9.55. The minimum absolute atomic E-state index is 0.0612. The summed E-state index contributed by atoms with van der Waals surface area (Å²) in [5.74, 6) is 0. The van der Waals surface area contributed by atoms with E-state index in [1.165, 1.54) is 6.07 Å².